The largest absolute Gasteiger partial charge is 0.351 e. The minimum Gasteiger partial charge on any atom is -0.351 e. The van der Waals surface area contributed by atoms with Gasteiger partial charge in [-0.3, -0.25) is 19.1 Å². The number of fused-ring (bicyclic) bond motifs is 1. The third-order valence-corrected chi connectivity index (χ3v) is 7.00. The molecule has 1 aromatic heterocycles. The molecule has 8 heteroatoms. The van der Waals surface area contributed by atoms with Crippen molar-refractivity contribution in [3.05, 3.63) is 47.3 Å². The first-order chi connectivity index (χ1) is 15.7. The Labute approximate surface area is 194 Å². The molecule has 8 nitrogen and oxygen atoms in total. The van der Waals surface area contributed by atoms with Gasteiger partial charge in [-0.25, -0.2) is 0 Å². The summed E-state index contributed by atoms with van der Waals surface area (Å²) in [5, 5.41) is 10.3. The van der Waals surface area contributed by atoms with Gasteiger partial charge < -0.3 is 15.5 Å². The number of hydrogen-bond donors (Lipinski definition) is 2. The molecule has 2 aromatic rings. The highest BCUT2D eigenvalue weighted by atomic mass is 16.2. The monoisotopic (exact) mass is 451 g/mol. The van der Waals surface area contributed by atoms with Gasteiger partial charge in [0.15, 0.2) is 5.69 Å². The van der Waals surface area contributed by atoms with E-state index in [0.29, 0.717) is 17.3 Å². The number of hydrogen-bond acceptors (Lipinski definition) is 4. The highest BCUT2D eigenvalue weighted by Crippen LogP contribution is 2.27. The number of aromatic nitrogens is 2. The van der Waals surface area contributed by atoms with Crippen molar-refractivity contribution in [2.75, 3.05) is 12.4 Å². The van der Waals surface area contributed by atoms with Gasteiger partial charge in [-0.2, -0.15) is 5.10 Å². The number of nitrogens with one attached hydrogen (secondary N) is 2. The Morgan fingerprint density at radius 3 is 2.42 bits per heavy atom. The van der Waals surface area contributed by atoms with Crippen molar-refractivity contribution in [3.63, 3.8) is 0 Å². The zero-order chi connectivity index (χ0) is 23.8. The second kappa shape index (κ2) is 9.00. The lowest BCUT2D eigenvalue weighted by Gasteiger charge is -2.41. The van der Waals surface area contributed by atoms with E-state index in [0.717, 1.165) is 25.7 Å². The Kier molecular flexibility index (Phi) is 6.28. The number of carbonyl (C=O) groups is 3. The summed E-state index contributed by atoms with van der Waals surface area (Å²) in [5.74, 6) is -0.488. The van der Waals surface area contributed by atoms with E-state index in [-0.39, 0.29) is 30.1 Å². The van der Waals surface area contributed by atoms with Gasteiger partial charge in [0.2, 0.25) is 5.91 Å². The van der Waals surface area contributed by atoms with Crippen LogP contribution in [0.5, 0.6) is 0 Å². The maximum Gasteiger partial charge on any atom is 0.276 e. The zero-order valence-corrected chi connectivity index (χ0v) is 19.9. The normalized spacial score (nSPS) is 21.1. The second-order valence-corrected chi connectivity index (χ2v) is 9.75. The molecule has 1 aliphatic carbocycles. The molecule has 1 atom stereocenters. The molecule has 1 saturated carbocycles. The van der Waals surface area contributed by atoms with Crippen LogP contribution >= 0.6 is 0 Å². The molecule has 2 aliphatic rings. The highest BCUT2D eigenvalue weighted by Gasteiger charge is 2.46. The minimum absolute atomic E-state index is 0.147. The molecule has 0 unspecified atom stereocenters. The lowest BCUT2D eigenvalue weighted by atomic mass is 9.92. The van der Waals surface area contributed by atoms with Crippen LogP contribution in [0.15, 0.2) is 30.3 Å². The number of nitrogens with zero attached hydrogens (tertiary/aromatic N) is 3. The van der Waals surface area contributed by atoms with Crippen LogP contribution in [0.4, 0.5) is 5.69 Å². The standard InChI is InChI=1S/C25H33N5O3/c1-16(2)17-10-12-19(13-11-17)26-22(31)20-14-21-23(32)29(4)25(3,15-30(21)28-20)24(33)27-18-8-6-5-7-9-18/h10-14,16,18H,5-9,15H2,1-4H3,(H,26,31)(H,27,33)/t25-/m0/s1. The van der Waals surface area contributed by atoms with Crippen molar-refractivity contribution in [1.29, 1.82) is 0 Å². The average Bonchev–Trinajstić information content (AvgIpc) is 3.22. The Hall–Kier alpha value is -3.16. The van der Waals surface area contributed by atoms with E-state index < -0.39 is 11.4 Å². The lowest BCUT2D eigenvalue weighted by Crippen LogP contribution is -2.63. The number of likely N-dealkylation sites (N-methyl/N-ethyl adjacent to an activating group) is 1. The van der Waals surface area contributed by atoms with Crippen LogP contribution in [0.25, 0.3) is 0 Å². The summed E-state index contributed by atoms with van der Waals surface area (Å²) >= 11 is 0. The van der Waals surface area contributed by atoms with Crippen molar-refractivity contribution in [2.45, 2.75) is 76.9 Å². The van der Waals surface area contributed by atoms with Gasteiger partial charge >= 0.3 is 0 Å². The predicted octanol–water partition coefficient (Wildman–Crippen LogP) is 3.55. The van der Waals surface area contributed by atoms with E-state index in [9.17, 15) is 14.4 Å². The molecular weight excluding hydrogens is 418 g/mol. The van der Waals surface area contributed by atoms with Crippen LogP contribution in [-0.2, 0) is 11.3 Å². The van der Waals surface area contributed by atoms with E-state index in [1.165, 1.54) is 27.6 Å². The molecule has 1 aromatic carbocycles. The van der Waals surface area contributed by atoms with Crippen LogP contribution in [0.2, 0.25) is 0 Å². The van der Waals surface area contributed by atoms with Crippen molar-refractivity contribution >= 4 is 23.4 Å². The summed E-state index contributed by atoms with van der Waals surface area (Å²) < 4.78 is 1.49. The lowest BCUT2D eigenvalue weighted by molar-refractivity contribution is -0.133. The summed E-state index contributed by atoms with van der Waals surface area (Å²) in [4.78, 5) is 40.5. The average molecular weight is 452 g/mol. The molecule has 4 rings (SSSR count). The Morgan fingerprint density at radius 1 is 1.12 bits per heavy atom. The molecule has 2 heterocycles. The molecule has 0 bridgehead atoms. The summed E-state index contributed by atoms with van der Waals surface area (Å²) in [6.45, 7) is 6.17. The van der Waals surface area contributed by atoms with E-state index in [2.05, 4.69) is 29.6 Å². The molecule has 3 amide bonds. The maximum atomic E-state index is 13.2. The summed E-state index contributed by atoms with van der Waals surface area (Å²) in [7, 11) is 1.63. The highest BCUT2D eigenvalue weighted by molar-refractivity contribution is 6.05. The first-order valence-corrected chi connectivity index (χ1v) is 11.8. The molecule has 0 saturated heterocycles. The van der Waals surface area contributed by atoms with Crippen LogP contribution < -0.4 is 10.6 Å². The Balaban J connectivity index is 1.50. The molecule has 33 heavy (non-hydrogen) atoms. The molecule has 176 valence electrons. The molecular formula is C25H33N5O3. The molecule has 1 fully saturated rings. The summed E-state index contributed by atoms with van der Waals surface area (Å²) in [6, 6.07) is 9.31. The number of anilines is 1. The first kappa shape index (κ1) is 23.0. The molecule has 2 N–H and O–H groups in total. The Morgan fingerprint density at radius 2 is 1.79 bits per heavy atom. The summed E-state index contributed by atoms with van der Waals surface area (Å²) in [5.41, 5.74) is 1.23. The van der Waals surface area contributed by atoms with Gasteiger partial charge in [0, 0.05) is 24.8 Å². The van der Waals surface area contributed by atoms with Gasteiger partial charge in [-0.05, 0) is 43.4 Å². The van der Waals surface area contributed by atoms with Gasteiger partial charge in [0.1, 0.15) is 11.2 Å². The fraction of sp³-hybridized carbons (Fsp3) is 0.520. The third-order valence-electron chi connectivity index (χ3n) is 7.00. The SMILES string of the molecule is CC(C)c1ccc(NC(=O)c2cc3n(n2)C[C@@](C)(C(=O)NC2CCCCC2)N(C)C3=O)cc1. The van der Waals surface area contributed by atoms with E-state index in [1.807, 2.05) is 24.3 Å². The van der Waals surface area contributed by atoms with E-state index in [4.69, 9.17) is 0 Å². The Bertz CT molecular complexity index is 1050. The van der Waals surface area contributed by atoms with E-state index >= 15 is 0 Å². The van der Waals surface area contributed by atoms with E-state index in [1.54, 1.807) is 14.0 Å². The van der Waals surface area contributed by atoms with Crippen molar-refractivity contribution < 1.29 is 14.4 Å². The smallest absolute Gasteiger partial charge is 0.276 e. The molecule has 0 radical (unpaired) electrons. The topological polar surface area (TPSA) is 96.3 Å². The van der Waals surface area contributed by atoms with Gasteiger partial charge in [0.25, 0.3) is 11.8 Å². The van der Waals surface area contributed by atoms with Crippen LogP contribution in [0.1, 0.15) is 85.3 Å². The van der Waals surface area contributed by atoms with Gasteiger partial charge in [-0.15, -0.1) is 0 Å². The minimum atomic E-state index is -1.08. The molecule has 0 spiro atoms. The maximum absolute atomic E-state index is 13.2. The number of rotatable bonds is 5. The second-order valence-electron chi connectivity index (χ2n) is 9.75. The number of amides is 3. The molecule has 1 aliphatic heterocycles. The predicted molar refractivity (Wildman–Crippen MR) is 126 cm³/mol. The van der Waals surface area contributed by atoms with Crippen molar-refractivity contribution in [1.82, 2.24) is 20.0 Å². The first-order valence-electron chi connectivity index (χ1n) is 11.8. The number of benzene rings is 1. The quantitative estimate of drug-likeness (QED) is 0.727. The zero-order valence-electron chi connectivity index (χ0n) is 19.9. The van der Waals surface area contributed by atoms with Gasteiger partial charge in [0.05, 0.1) is 6.54 Å². The fourth-order valence-electron chi connectivity index (χ4n) is 4.57. The van der Waals surface area contributed by atoms with Crippen LogP contribution in [0, 0.1) is 0 Å². The van der Waals surface area contributed by atoms with Crippen molar-refractivity contribution in [3.8, 4) is 0 Å². The third kappa shape index (κ3) is 4.51. The van der Waals surface area contributed by atoms with Gasteiger partial charge in [-0.1, -0.05) is 45.2 Å². The van der Waals surface area contributed by atoms with Crippen LogP contribution in [-0.4, -0.2) is 51.0 Å². The van der Waals surface area contributed by atoms with Crippen molar-refractivity contribution in [2.24, 2.45) is 0 Å². The fourth-order valence-corrected chi connectivity index (χ4v) is 4.57. The van der Waals surface area contributed by atoms with Crippen LogP contribution in [0.3, 0.4) is 0 Å². The summed E-state index contributed by atoms with van der Waals surface area (Å²) in [6.07, 6.45) is 5.35. The number of carbonyl (C=O) groups excluding carboxylic acids is 3.